The molecule has 0 radical (unpaired) electrons. The summed E-state index contributed by atoms with van der Waals surface area (Å²) >= 11 is 0. The zero-order chi connectivity index (χ0) is 14.8. The summed E-state index contributed by atoms with van der Waals surface area (Å²) in [4.78, 5) is 2.65. The highest BCUT2D eigenvalue weighted by Gasteiger charge is 2.31. The molecule has 1 aliphatic carbocycles. The first-order valence-electron chi connectivity index (χ1n) is 8.65. The van der Waals surface area contributed by atoms with Crippen molar-refractivity contribution in [2.45, 2.75) is 64.8 Å². The van der Waals surface area contributed by atoms with Crippen LogP contribution in [0.1, 0.15) is 58.8 Å². The first kappa shape index (κ1) is 17.9. The van der Waals surface area contributed by atoms with Crippen LogP contribution in [0.5, 0.6) is 0 Å². The third-order valence-corrected chi connectivity index (χ3v) is 4.79. The van der Waals surface area contributed by atoms with Crippen LogP contribution in [0.2, 0.25) is 0 Å². The summed E-state index contributed by atoms with van der Waals surface area (Å²) in [5, 5.41) is 0. The van der Waals surface area contributed by atoms with Crippen LogP contribution in [0.25, 0.3) is 0 Å². The highest BCUT2D eigenvalue weighted by Crippen LogP contribution is 2.35. The lowest BCUT2D eigenvalue weighted by Gasteiger charge is -2.29. The molecule has 1 rings (SSSR count). The molecule has 0 saturated heterocycles. The van der Waals surface area contributed by atoms with Gasteiger partial charge in [-0.1, -0.05) is 19.8 Å². The average molecular weight is 284 g/mol. The maximum atomic E-state index is 5.73. The summed E-state index contributed by atoms with van der Waals surface area (Å²) in [6.07, 6.45) is 9.33. The average Bonchev–Trinajstić information content (AvgIpc) is 3.26. The number of ether oxygens (including phenoxy) is 1. The molecule has 2 atom stereocenters. The molecular weight excluding hydrogens is 248 g/mol. The van der Waals surface area contributed by atoms with E-state index in [1.54, 1.807) is 7.11 Å². The van der Waals surface area contributed by atoms with Crippen molar-refractivity contribution < 1.29 is 4.74 Å². The minimum Gasteiger partial charge on any atom is -0.383 e. The summed E-state index contributed by atoms with van der Waals surface area (Å²) in [7, 11) is 1.80. The first-order chi connectivity index (χ1) is 9.72. The van der Waals surface area contributed by atoms with Crippen LogP contribution in [0.15, 0.2) is 0 Å². The fraction of sp³-hybridized carbons (Fsp3) is 1.00. The van der Waals surface area contributed by atoms with Gasteiger partial charge in [0.15, 0.2) is 0 Å². The Morgan fingerprint density at radius 3 is 2.50 bits per heavy atom. The topological polar surface area (TPSA) is 38.5 Å². The summed E-state index contributed by atoms with van der Waals surface area (Å²) in [5.74, 6) is 1.79. The Bertz CT molecular complexity index is 225. The molecule has 0 amide bonds. The maximum Gasteiger partial charge on any atom is 0.0589 e. The third-order valence-electron chi connectivity index (χ3n) is 4.79. The SMILES string of the molecule is CCCC(CCN)CCCN(CCOC)C(C)C1CC1. The molecule has 2 N–H and O–H groups in total. The van der Waals surface area contributed by atoms with E-state index >= 15 is 0 Å². The Morgan fingerprint density at radius 2 is 1.95 bits per heavy atom. The van der Waals surface area contributed by atoms with Crippen molar-refractivity contribution in [3.05, 3.63) is 0 Å². The molecule has 2 unspecified atom stereocenters. The van der Waals surface area contributed by atoms with Crippen LogP contribution in [0, 0.1) is 11.8 Å². The van der Waals surface area contributed by atoms with Crippen LogP contribution in [0.3, 0.4) is 0 Å². The number of rotatable bonds is 13. The molecule has 120 valence electrons. The van der Waals surface area contributed by atoms with Crippen LogP contribution >= 0.6 is 0 Å². The van der Waals surface area contributed by atoms with Crippen LogP contribution in [-0.2, 0) is 4.74 Å². The molecule has 1 fully saturated rings. The monoisotopic (exact) mass is 284 g/mol. The standard InChI is InChI=1S/C17H36N2O/c1-4-6-16(10-11-18)7-5-12-19(13-14-20-3)15(2)17-8-9-17/h15-17H,4-14,18H2,1-3H3. The van der Waals surface area contributed by atoms with Crippen molar-refractivity contribution in [1.82, 2.24) is 4.90 Å². The van der Waals surface area contributed by atoms with E-state index in [-0.39, 0.29) is 0 Å². The molecule has 3 nitrogen and oxygen atoms in total. The van der Waals surface area contributed by atoms with Gasteiger partial charge in [0.05, 0.1) is 6.61 Å². The quantitative estimate of drug-likeness (QED) is 0.564. The minimum absolute atomic E-state index is 0.740. The lowest BCUT2D eigenvalue weighted by Crippen LogP contribution is -2.38. The minimum atomic E-state index is 0.740. The number of hydrogen-bond acceptors (Lipinski definition) is 3. The van der Waals surface area contributed by atoms with Gasteiger partial charge >= 0.3 is 0 Å². The summed E-state index contributed by atoms with van der Waals surface area (Å²) in [6, 6.07) is 0.740. The fourth-order valence-corrected chi connectivity index (χ4v) is 3.26. The predicted octanol–water partition coefficient (Wildman–Crippen LogP) is 3.28. The molecule has 3 heteroatoms. The molecule has 0 aliphatic heterocycles. The maximum absolute atomic E-state index is 5.73. The molecule has 0 aromatic heterocycles. The smallest absolute Gasteiger partial charge is 0.0589 e. The van der Waals surface area contributed by atoms with Crippen molar-refractivity contribution in [1.29, 1.82) is 0 Å². The Morgan fingerprint density at radius 1 is 1.20 bits per heavy atom. The Kier molecular flexibility index (Phi) is 9.49. The second-order valence-electron chi connectivity index (χ2n) is 6.48. The van der Waals surface area contributed by atoms with E-state index in [1.165, 1.54) is 51.5 Å². The first-order valence-corrected chi connectivity index (χ1v) is 8.65. The van der Waals surface area contributed by atoms with Gasteiger partial charge in [-0.05, 0) is 64.0 Å². The fourth-order valence-electron chi connectivity index (χ4n) is 3.26. The van der Waals surface area contributed by atoms with Gasteiger partial charge in [-0.3, -0.25) is 4.90 Å². The molecule has 20 heavy (non-hydrogen) atoms. The zero-order valence-corrected chi connectivity index (χ0v) is 13.9. The van der Waals surface area contributed by atoms with Gasteiger partial charge < -0.3 is 10.5 Å². The number of nitrogens with zero attached hydrogens (tertiary/aromatic N) is 1. The van der Waals surface area contributed by atoms with Gasteiger partial charge in [0.25, 0.3) is 0 Å². The van der Waals surface area contributed by atoms with Gasteiger partial charge in [0, 0.05) is 19.7 Å². The Labute approximate surface area is 126 Å². The van der Waals surface area contributed by atoms with Gasteiger partial charge in [-0.15, -0.1) is 0 Å². The largest absolute Gasteiger partial charge is 0.383 e. The highest BCUT2D eigenvalue weighted by atomic mass is 16.5. The molecular formula is C17H36N2O. The van der Waals surface area contributed by atoms with Gasteiger partial charge in [0.2, 0.25) is 0 Å². The van der Waals surface area contributed by atoms with E-state index in [4.69, 9.17) is 10.5 Å². The Hall–Kier alpha value is -0.120. The third kappa shape index (κ3) is 7.05. The van der Waals surface area contributed by atoms with E-state index in [2.05, 4.69) is 18.7 Å². The highest BCUT2D eigenvalue weighted by molar-refractivity contribution is 4.85. The van der Waals surface area contributed by atoms with Crippen molar-refractivity contribution in [2.75, 3.05) is 33.4 Å². The van der Waals surface area contributed by atoms with Crippen LogP contribution in [-0.4, -0.2) is 44.3 Å². The van der Waals surface area contributed by atoms with E-state index in [1.807, 2.05) is 0 Å². The van der Waals surface area contributed by atoms with Crippen LogP contribution < -0.4 is 5.73 Å². The molecule has 0 heterocycles. The van der Waals surface area contributed by atoms with E-state index < -0.39 is 0 Å². The lowest BCUT2D eigenvalue weighted by molar-refractivity contribution is 0.114. The second-order valence-corrected chi connectivity index (χ2v) is 6.48. The van der Waals surface area contributed by atoms with Gasteiger partial charge in [-0.2, -0.15) is 0 Å². The number of nitrogens with two attached hydrogens (primary N) is 1. The lowest BCUT2D eigenvalue weighted by atomic mass is 9.94. The molecule has 1 saturated carbocycles. The van der Waals surface area contributed by atoms with Crippen molar-refractivity contribution in [3.8, 4) is 0 Å². The number of hydrogen-bond donors (Lipinski definition) is 1. The summed E-state index contributed by atoms with van der Waals surface area (Å²) < 4.78 is 5.27. The normalized spacial score (nSPS) is 18.4. The van der Waals surface area contributed by atoms with Crippen LogP contribution in [0.4, 0.5) is 0 Å². The Balaban J connectivity index is 2.28. The van der Waals surface area contributed by atoms with Gasteiger partial charge in [-0.25, -0.2) is 0 Å². The molecule has 0 aromatic carbocycles. The second kappa shape index (κ2) is 10.6. The number of methoxy groups -OCH3 is 1. The van der Waals surface area contributed by atoms with Gasteiger partial charge in [0.1, 0.15) is 0 Å². The van der Waals surface area contributed by atoms with Crippen molar-refractivity contribution in [3.63, 3.8) is 0 Å². The zero-order valence-electron chi connectivity index (χ0n) is 13.9. The molecule has 0 bridgehead atoms. The summed E-state index contributed by atoms with van der Waals surface area (Å²) in [6.45, 7) is 8.70. The van der Waals surface area contributed by atoms with Crippen molar-refractivity contribution >= 4 is 0 Å². The molecule has 0 spiro atoms. The predicted molar refractivity (Wildman–Crippen MR) is 86.9 cm³/mol. The van der Waals surface area contributed by atoms with E-state index in [0.717, 1.165) is 37.6 Å². The summed E-state index contributed by atoms with van der Waals surface area (Å²) in [5.41, 5.74) is 5.73. The van der Waals surface area contributed by atoms with Crippen molar-refractivity contribution in [2.24, 2.45) is 17.6 Å². The van der Waals surface area contributed by atoms with E-state index in [9.17, 15) is 0 Å². The molecule has 0 aromatic rings. The van der Waals surface area contributed by atoms with E-state index in [0.29, 0.717) is 0 Å². The molecule has 1 aliphatic rings.